The molecule has 1 aliphatic rings. The van der Waals surface area contributed by atoms with Crippen molar-refractivity contribution in [3.8, 4) is 0 Å². The highest BCUT2D eigenvalue weighted by molar-refractivity contribution is 5.83. The van der Waals surface area contributed by atoms with Crippen LogP contribution in [0.1, 0.15) is 17.5 Å². The number of hydrogen-bond donors (Lipinski definition) is 2. The number of para-hydroxylation sites is 1. The highest BCUT2D eigenvalue weighted by Gasteiger charge is 2.24. The van der Waals surface area contributed by atoms with Crippen molar-refractivity contribution < 1.29 is 0 Å². The monoisotopic (exact) mass is 360 g/mol. The number of aromatic nitrogens is 1. The Hall–Kier alpha value is -2.75. The first-order chi connectivity index (χ1) is 13.3. The summed E-state index contributed by atoms with van der Waals surface area (Å²) in [6, 6.07) is 19.3. The number of fused-ring (bicyclic) bond motifs is 1. The van der Waals surface area contributed by atoms with Crippen molar-refractivity contribution in [1.82, 2.24) is 15.2 Å². The average molecular weight is 361 g/mol. The predicted molar refractivity (Wildman–Crippen MR) is 113 cm³/mol. The number of rotatable bonds is 5. The first-order valence-electron chi connectivity index (χ1n) is 9.88. The number of benzene rings is 2. The molecular formula is C23H28N4. The maximum atomic E-state index is 4.52. The molecular weight excluding hydrogens is 332 g/mol. The van der Waals surface area contributed by atoms with Crippen LogP contribution in [0.15, 0.2) is 65.8 Å². The third-order valence-corrected chi connectivity index (χ3v) is 5.52. The lowest BCUT2D eigenvalue weighted by molar-refractivity contribution is 0.460. The molecule has 1 aromatic heterocycles. The molecule has 0 saturated carbocycles. The minimum Gasteiger partial charge on any atom is -0.361 e. The number of aromatic amines is 1. The zero-order chi connectivity index (χ0) is 18.5. The molecule has 1 fully saturated rings. The van der Waals surface area contributed by atoms with Gasteiger partial charge in [-0.1, -0.05) is 48.5 Å². The molecule has 1 aliphatic heterocycles. The third-order valence-electron chi connectivity index (χ3n) is 5.52. The molecule has 0 amide bonds. The van der Waals surface area contributed by atoms with Crippen LogP contribution in [0.25, 0.3) is 10.9 Å². The molecule has 4 nitrogen and oxygen atoms in total. The van der Waals surface area contributed by atoms with E-state index in [9.17, 15) is 0 Å². The molecule has 1 unspecified atom stereocenters. The second kappa shape index (κ2) is 8.30. The van der Waals surface area contributed by atoms with E-state index in [-0.39, 0.29) is 0 Å². The van der Waals surface area contributed by atoms with Crippen molar-refractivity contribution in [3.63, 3.8) is 0 Å². The van der Waals surface area contributed by atoms with Gasteiger partial charge in [0.2, 0.25) is 0 Å². The van der Waals surface area contributed by atoms with Crippen LogP contribution in [0.5, 0.6) is 0 Å². The van der Waals surface area contributed by atoms with Crippen molar-refractivity contribution >= 4 is 16.9 Å². The van der Waals surface area contributed by atoms with Crippen LogP contribution in [0, 0.1) is 5.92 Å². The minimum atomic E-state index is 0.708. The summed E-state index contributed by atoms with van der Waals surface area (Å²) in [5, 5.41) is 4.88. The van der Waals surface area contributed by atoms with Crippen molar-refractivity contribution in [2.75, 3.05) is 26.7 Å². The second-order valence-electron chi connectivity index (χ2n) is 7.37. The maximum Gasteiger partial charge on any atom is 0.193 e. The maximum absolute atomic E-state index is 4.52. The summed E-state index contributed by atoms with van der Waals surface area (Å²) >= 11 is 0. The van der Waals surface area contributed by atoms with E-state index in [0.29, 0.717) is 5.92 Å². The van der Waals surface area contributed by atoms with Crippen molar-refractivity contribution in [2.24, 2.45) is 10.9 Å². The first-order valence-corrected chi connectivity index (χ1v) is 9.88. The molecule has 2 N–H and O–H groups in total. The Balaban J connectivity index is 1.29. The van der Waals surface area contributed by atoms with Crippen molar-refractivity contribution in [2.45, 2.75) is 19.3 Å². The molecule has 0 radical (unpaired) electrons. The van der Waals surface area contributed by atoms with Gasteiger partial charge in [-0.25, -0.2) is 0 Å². The van der Waals surface area contributed by atoms with Gasteiger partial charge in [0.15, 0.2) is 5.96 Å². The van der Waals surface area contributed by atoms with Crippen LogP contribution in [0.4, 0.5) is 0 Å². The number of guanidine groups is 1. The van der Waals surface area contributed by atoms with E-state index in [0.717, 1.165) is 38.4 Å². The van der Waals surface area contributed by atoms with Crippen LogP contribution in [-0.2, 0) is 12.8 Å². The highest BCUT2D eigenvalue weighted by Crippen LogP contribution is 2.21. The molecule has 3 aromatic rings. The molecule has 2 heterocycles. The summed E-state index contributed by atoms with van der Waals surface area (Å²) in [6.07, 6.45) is 5.51. The van der Waals surface area contributed by atoms with Crippen LogP contribution < -0.4 is 5.32 Å². The van der Waals surface area contributed by atoms with Gasteiger partial charge in [0.1, 0.15) is 0 Å². The molecule has 4 heteroatoms. The Kier molecular flexibility index (Phi) is 5.42. The van der Waals surface area contributed by atoms with Gasteiger partial charge in [0, 0.05) is 43.8 Å². The van der Waals surface area contributed by atoms with Gasteiger partial charge in [-0.15, -0.1) is 0 Å². The summed E-state index contributed by atoms with van der Waals surface area (Å²) in [7, 11) is 1.89. The number of hydrogen-bond acceptors (Lipinski definition) is 1. The molecule has 4 rings (SSSR count). The smallest absolute Gasteiger partial charge is 0.193 e. The normalized spacial score (nSPS) is 17.6. The Bertz CT molecular complexity index is 897. The predicted octanol–water partition coefficient (Wildman–Crippen LogP) is 3.85. The fourth-order valence-corrected chi connectivity index (χ4v) is 4.12. The van der Waals surface area contributed by atoms with E-state index in [4.69, 9.17) is 0 Å². The molecule has 2 aromatic carbocycles. The topological polar surface area (TPSA) is 43.4 Å². The van der Waals surface area contributed by atoms with Crippen LogP contribution in [-0.4, -0.2) is 42.5 Å². The first kappa shape index (κ1) is 17.7. The highest BCUT2D eigenvalue weighted by atomic mass is 15.3. The van der Waals surface area contributed by atoms with Gasteiger partial charge in [-0.05, 0) is 42.4 Å². The van der Waals surface area contributed by atoms with Gasteiger partial charge in [0.25, 0.3) is 0 Å². The molecule has 1 atom stereocenters. The van der Waals surface area contributed by atoms with Gasteiger partial charge >= 0.3 is 0 Å². The lowest BCUT2D eigenvalue weighted by Crippen LogP contribution is -2.41. The van der Waals surface area contributed by atoms with E-state index in [1.165, 1.54) is 28.5 Å². The molecule has 1 saturated heterocycles. The van der Waals surface area contributed by atoms with E-state index in [2.05, 4.69) is 81.0 Å². The second-order valence-corrected chi connectivity index (χ2v) is 7.37. The summed E-state index contributed by atoms with van der Waals surface area (Å²) in [5.41, 5.74) is 4.00. The minimum absolute atomic E-state index is 0.708. The number of likely N-dealkylation sites (tertiary alicyclic amines) is 1. The molecule has 0 bridgehead atoms. The van der Waals surface area contributed by atoms with Crippen LogP contribution in [0.3, 0.4) is 0 Å². The number of H-pyrrole nitrogens is 1. The summed E-state index contributed by atoms with van der Waals surface area (Å²) in [4.78, 5) is 10.3. The van der Waals surface area contributed by atoms with Crippen LogP contribution in [0.2, 0.25) is 0 Å². The number of nitrogens with zero attached hydrogens (tertiary/aromatic N) is 2. The van der Waals surface area contributed by atoms with E-state index < -0.39 is 0 Å². The van der Waals surface area contributed by atoms with Crippen LogP contribution >= 0.6 is 0 Å². The van der Waals surface area contributed by atoms with Gasteiger partial charge in [-0.2, -0.15) is 0 Å². The van der Waals surface area contributed by atoms with Gasteiger partial charge in [0.05, 0.1) is 0 Å². The number of aliphatic imine (C=N–C) groups is 1. The Morgan fingerprint density at radius 2 is 1.96 bits per heavy atom. The summed E-state index contributed by atoms with van der Waals surface area (Å²) in [6.45, 7) is 3.07. The molecule has 0 spiro atoms. The zero-order valence-electron chi connectivity index (χ0n) is 16.0. The Morgan fingerprint density at radius 1 is 1.15 bits per heavy atom. The fourth-order valence-electron chi connectivity index (χ4n) is 4.12. The summed E-state index contributed by atoms with van der Waals surface area (Å²) < 4.78 is 0. The lowest BCUT2D eigenvalue weighted by Gasteiger charge is -2.21. The van der Waals surface area contributed by atoms with Gasteiger partial charge in [-0.3, -0.25) is 4.99 Å². The van der Waals surface area contributed by atoms with Crippen molar-refractivity contribution in [3.05, 3.63) is 71.9 Å². The number of nitrogens with one attached hydrogen (secondary N) is 2. The fraction of sp³-hybridized carbons (Fsp3) is 0.348. The molecule has 0 aliphatic carbocycles. The van der Waals surface area contributed by atoms with E-state index in [1.807, 2.05) is 7.05 Å². The van der Waals surface area contributed by atoms with Crippen molar-refractivity contribution in [1.29, 1.82) is 0 Å². The Morgan fingerprint density at radius 3 is 2.81 bits per heavy atom. The lowest BCUT2D eigenvalue weighted by atomic mass is 9.99. The zero-order valence-corrected chi connectivity index (χ0v) is 16.0. The summed E-state index contributed by atoms with van der Waals surface area (Å²) in [5.74, 6) is 1.74. The largest absolute Gasteiger partial charge is 0.361 e. The van der Waals surface area contributed by atoms with E-state index in [1.54, 1.807) is 0 Å². The molecule has 140 valence electrons. The average Bonchev–Trinajstić information content (AvgIpc) is 3.33. The standard InChI is InChI=1S/C23H28N4/c1-24-23(25-13-11-20-16-26-22-10-6-5-9-21(20)22)27-14-12-19(17-27)15-18-7-3-2-4-8-18/h2-10,16,19,26H,11-15,17H2,1H3,(H,24,25). The quantitative estimate of drug-likeness (QED) is 0.536. The molecule has 27 heavy (non-hydrogen) atoms. The Labute approximate surface area is 161 Å². The third kappa shape index (κ3) is 4.16. The van der Waals surface area contributed by atoms with E-state index >= 15 is 0 Å². The van der Waals surface area contributed by atoms with Gasteiger partial charge < -0.3 is 15.2 Å². The SMILES string of the molecule is CN=C(NCCc1c[nH]c2ccccc12)N1CCC(Cc2ccccc2)C1.